The topological polar surface area (TPSA) is 53.5 Å². The number of thiophene rings is 1. The summed E-state index contributed by atoms with van der Waals surface area (Å²) in [6, 6.07) is 9.57. The molecule has 2 amide bonds. The molecule has 0 aromatic carbocycles. The van der Waals surface area contributed by atoms with Gasteiger partial charge in [-0.05, 0) is 42.8 Å². The molecule has 0 saturated carbocycles. The highest BCUT2D eigenvalue weighted by Crippen LogP contribution is 2.42. The smallest absolute Gasteiger partial charge is 0.263 e. The van der Waals surface area contributed by atoms with Gasteiger partial charge in [0.2, 0.25) is 5.91 Å². The maximum Gasteiger partial charge on any atom is 0.263 e. The van der Waals surface area contributed by atoms with E-state index in [-0.39, 0.29) is 17.2 Å². The molecule has 4 heterocycles. The fourth-order valence-electron chi connectivity index (χ4n) is 3.89. The fourth-order valence-corrected chi connectivity index (χ4v) is 4.58. The van der Waals surface area contributed by atoms with Crippen molar-refractivity contribution >= 4 is 23.2 Å². The van der Waals surface area contributed by atoms with Gasteiger partial charge in [0, 0.05) is 25.8 Å². The molecule has 2 saturated heterocycles. The number of hydrogen-bond donors (Lipinski definition) is 0. The van der Waals surface area contributed by atoms with Crippen LogP contribution in [0, 0.1) is 5.41 Å². The molecule has 0 bridgehead atoms. The third kappa shape index (κ3) is 3.06. The maximum absolute atomic E-state index is 13.0. The van der Waals surface area contributed by atoms with Crippen LogP contribution in [0.3, 0.4) is 0 Å². The zero-order valence-corrected chi connectivity index (χ0v) is 14.9. The first-order valence-electron chi connectivity index (χ1n) is 8.70. The molecule has 0 radical (unpaired) electrons. The lowest BCUT2D eigenvalue weighted by atomic mass is 9.77. The lowest BCUT2D eigenvalue weighted by molar-refractivity contribution is -0.138. The van der Waals surface area contributed by atoms with Crippen molar-refractivity contribution in [2.45, 2.75) is 25.8 Å². The number of nitrogens with zero attached hydrogens (tertiary/aromatic N) is 3. The van der Waals surface area contributed by atoms with Gasteiger partial charge in [-0.3, -0.25) is 14.6 Å². The number of carbonyl (C=O) groups is 2. The van der Waals surface area contributed by atoms with Crippen LogP contribution in [0.25, 0.3) is 0 Å². The summed E-state index contributed by atoms with van der Waals surface area (Å²) >= 11 is 1.48. The molecular formula is C19H21N3O2S. The molecule has 2 aromatic heterocycles. The summed E-state index contributed by atoms with van der Waals surface area (Å²) in [5, 5.41) is 1.93. The Bertz CT molecular complexity index is 752. The molecule has 25 heavy (non-hydrogen) atoms. The van der Waals surface area contributed by atoms with Gasteiger partial charge in [-0.25, -0.2) is 0 Å². The summed E-state index contributed by atoms with van der Waals surface area (Å²) in [5.74, 6) is 0.335. The van der Waals surface area contributed by atoms with Crippen molar-refractivity contribution in [1.29, 1.82) is 0 Å². The molecule has 2 aliphatic heterocycles. The summed E-state index contributed by atoms with van der Waals surface area (Å²) < 4.78 is 0. The second kappa shape index (κ2) is 6.59. The third-order valence-corrected chi connectivity index (χ3v) is 6.28. The number of rotatable bonds is 3. The first-order chi connectivity index (χ1) is 12.2. The molecule has 2 fully saturated rings. The van der Waals surface area contributed by atoms with E-state index in [9.17, 15) is 9.59 Å². The number of carbonyl (C=O) groups excluding carboxylic acids is 2. The van der Waals surface area contributed by atoms with Crippen LogP contribution in [0.2, 0.25) is 0 Å². The Morgan fingerprint density at radius 1 is 1.12 bits per heavy atom. The third-order valence-electron chi connectivity index (χ3n) is 5.42. The Kier molecular flexibility index (Phi) is 4.29. The van der Waals surface area contributed by atoms with E-state index in [1.807, 2.05) is 45.5 Å². The largest absolute Gasteiger partial charge is 0.338 e. The minimum absolute atomic E-state index is 0.0978. The highest BCUT2D eigenvalue weighted by Gasteiger charge is 2.48. The Morgan fingerprint density at radius 3 is 2.60 bits per heavy atom. The predicted molar refractivity (Wildman–Crippen MR) is 96.2 cm³/mol. The van der Waals surface area contributed by atoms with E-state index in [4.69, 9.17) is 0 Å². The number of piperidine rings is 1. The van der Waals surface area contributed by atoms with Crippen LogP contribution >= 0.6 is 11.3 Å². The van der Waals surface area contributed by atoms with E-state index >= 15 is 0 Å². The minimum Gasteiger partial charge on any atom is -0.338 e. The Labute approximate surface area is 151 Å². The van der Waals surface area contributed by atoms with Crippen molar-refractivity contribution in [1.82, 2.24) is 14.8 Å². The molecule has 2 aliphatic rings. The van der Waals surface area contributed by atoms with E-state index in [0.717, 1.165) is 36.4 Å². The molecule has 130 valence electrons. The van der Waals surface area contributed by atoms with Crippen LogP contribution < -0.4 is 0 Å². The maximum atomic E-state index is 13.0. The number of aromatic nitrogens is 1. The Hall–Kier alpha value is -2.21. The van der Waals surface area contributed by atoms with Crippen LogP contribution in [0.1, 0.15) is 34.6 Å². The van der Waals surface area contributed by atoms with Gasteiger partial charge in [-0.2, -0.15) is 0 Å². The van der Waals surface area contributed by atoms with Crippen molar-refractivity contribution in [2.75, 3.05) is 19.6 Å². The standard InChI is InChI=1S/C19H21N3O2S/c23-17(16-5-3-13-25-16)21-10-6-19(7-11-21)8-12-22(18(19)24)14-15-4-1-2-9-20-15/h1-5,9,13H,6-8,10-12,14H2. The van der Waals surface area contributed by atoms with Crippen LogP contribution in [0.15, 0.2) is 41.9 Å². The lowest BCUT2D eigenvalue weighted by Crippen LogP contribution is -2.46. The second-order valence-electron chi connectivity index (χ2n) is 6.85. The highest BCUT2D eigenvalue weighted by atomic mass is 32.1. The van der Waals surface area contributed by atoms with E-state index in [2.05, 4.69) is 4.98 Å². The molecule has 0 unspecified atom stereocenters. The molecule has 6 heteroatoms. The average Bonchev–Trinajstić information content (AvgIpc) is 3.28. The summed E-state index contributed by atoms with van der Waals surface area (Å²) in [4.78, 5) is 34.4. The molecule has 2 aromatic rings. The summed E-state index contributed by atoms with van der Waals surface area (Å²) in [6.07, 6.45) is 4.18. The molecule has 0 atom stereocenters. The van der Waals surface area contributed by atoms with Crippen LogP contribution in [0.4, 0.5) is 0 Å². The molecule has 0 aliphatic carbocycles. The van der Waals surface area contributed by atoms with Crippen molar-refractivity contribution < 1.29 is 9.59 Å². The van der Waals surface area contributed by atoms with Crippen molar-refractivity contribution in [2.24, 2.45) is 5.41 Å². The normalized spacial score (nSPS) is 19.6. The second-order valence-corrected chi connectivity index (χ2v) is 7.80. The monoisotopic (exact) mass is 355 g/mol. The van der Waals surface area contributed by atoms with E-state index in [1.54, 1.807) is 6.20 Å². The summed E-state index contributed by atoms with van der Waals surface area (Å²) in [6.45, 7) is 2.70. The Balaban J connectivity index is 1.39. The van der Waals surface area contributed by atoms with Crippen molar-refractivity contribution in [3.05, 3.63) is 52.5 Å². The van der Waals surface area contributed by atoms with Gasteiger partial charge >= 0.3 is 0 Å². The molecular weight excluding hydrogens is 334 g/mol. The first kappa shape index (κ1) is 16.3. The van der Waals surface area contributed by atoms with Crippen molar-refractivity contribution in [3.8, 4) is 0 Å². The summed E-state index contributed by atoms with van der Waals surface area (Å²) in [5.41, 5.74) is 0.652. The van der Waals surface area contributed by atoms with E-state index < -0.39 is 0 Å². The van der Waals surface area contributed by atoms with Crippen LogP contribution in [-0.2, 0) is 11.3 Å². The number of amides is 2. The molecule has 4 rings (SSSR count). The number of pyridine rings is 1. The minimum atomic E-state index is -0.277. The molecule has 0 N–H and O–H groups in total. The predicted octanol–water partition coefficient (Wildman–Crippen LogP) is 2.80. The van der Waals surface area contributed by atoms with E-state index in [0.29, 0.717) is 19.6 Å². The average molecular weight is 355 g/mol. The molecule has 1 spiro atoms. The SMILES string of the molecule is O=C(c1cccs1)N1CCC2(CC1)CCN(Cc1ccccn1)C2=O. The van der Waals surface area contributed by atoms with Gasteiger partial charge in [0.05, 0.1) is 22.5 Å². The Morgan fingerprint density at radius 2 is 1.92 bits per heavy atom. The zero-order valence-electron chi connectivity index (χ0n) is 14.1. The number of hydrogen-bond acceptors (Lipinski definition) is 4. The molecule has 5 nitrogen and oxygen atoms in total. The first-order valence-corrected chi connectivity index (χ1v) is 9.58. The van der Waals surface area contributed by atoms with Gasteiger partial charge in [0.25, 0.3) is 5.91 Å². The van der Waals surface area contributed by atoms with Gasteiger partial charge in [0.15, 0.2) is 0 Å². The lowest BCUT2D eigenvalue weighted by Gasteiger charge is -2.37. The highest BCUT2D eigenvalue weighted by molar-refractivity contribution is 7.12. The summed E-state index contributed by atoms with van der Waals surface area (Å²) in [7, 11) is 0. The van der Waals surface area contributed by atoms with Gasteiger partial charge in [-0.15, -0.1) is 11.3 Å². The van der Waals surface area contributed by atoms with Gasteiger partial charge in [0.1, 0.15) is 0 Å². The quantitative estimate of drug-likeness (QED) is 0.851. The van der Waals surface area contributed by atoms with Gasteiger partial charge < -0.3 is 9.80 Å². The van der Waals surface area contributed by atoms with Gasteiger partial charge in [-0.1, -0.05) is 12.1 Å². The van der Waals surface area contributed by atoms with Crippen molar-refractivity contribution in [3.63, 3.8) is 0 Å². The fraction of sp³-hybridized carbons (Fsp3) is 0.421. The van der Waals surface area contributed by atoms with E-state index in [1.165, 1.54) is 11.3 Å². The van der Waals surface area contributed by atoms with Crippen LogP contribution in [0.5, 0.6) is 0 Å². The zero-order chi connectivity index (χ0) is 17.3. The van der Waals surface area contributed by atoms with Crippen LogP contribution in [-0.4, -0.2) is 46.2 Å². The number of likely N-dealkylation sites (tertiary alicyclic amines) is 2.